The molecule has 0 atom stereocenters. The standard InChI is InChI=1S/C16H19N3O3S/c1-10(20)13-3-4-14(23-13)16(21)19-7-5-12(6-8-19)9-15-17-11(2)22-18-15/h3-4,12H,5-9H2,1-2H3. The zero-order valence-corrected chi connectivity index (χ0v) is 14.1. The lowest BCUT2D eigenvalue weighted by Gasteiger charge is -2.31. The Morgan fingerprint density at radius 3 is 2.57 bits per heavy atom. The van der Waals surface area contributed by atoms with Gasteiger partial charge in [-0.1, -0.05) is 5.16 Å². The maximum absolute atomic E-state index is 12.5. The molecule has 122 valence electrons. The molecule has 7 heteroatoms. The number of carbonyl (C=O) groups excluding carboxylic acids is 2. The van der Waals surface area contributed by atoms with Crippen molar-refractivity contribution in [2.24, 2.45) is 5.92 Å². The number of rotatable bonds is 4. The summed E-state index contributed by atoms with van der Waals surface area (Å²) in [5.74, 6) is 1.84. The van der Waals surface area contributed by atoms with E-state index in [2.05, 4.69) is 10.1 Å². The van der Waals surface area contributed by atoms with Crippen molar-refractivity contribution in [1.82, 2.24) is 15.0 Å². The van der Waals surface area contributed by atoms with Crippen molar-refractivity contribution in [2.75, 3.05) is 13.1 Å². The molecule has 0 saturated carbocycles. The Labute approximate surface area is 138 Å². The van der Waals surface area contributed by atoms with E-state index in [0.29, 0.717) is 21.6 Å². The molecular weight excluding hydrogens is 314 g/mol. The maximum Gasteiger partial charge on any atom is 0.263 e. The third-order valence-corrected chi connectivity index (χ3v) is 5.28. The number of nitrogens with zero attached hydrogens (tertiary/aromatic N) is 3. The highest BCUT2D eigenvalue weighted by atomic mass is 32.1. The first kappa shape index (κ1) is 15.9. The van der Waals surface area contributed by atoms with Crippen LogP contribution in [0.15, 0.2) is 16.7 Å². The number of aryl methyl sites for hydroxylation is 1. The molecule has 23 heavy (non-hydrogen) atoms. The van der Waals surface area contributed by atoms with Crippen LogP contribution in [0.3, 0.4) is 0 Å². The molecule has 3 heterocycles. The Morgan fingerprint density at radius 2 is 2.00 bits per heavy atom. The summed E-state index contributed by atoms with van der Waals surface area (Å²) < 4.78 is 4.99. The monoisotopic (exact) mass is 333 g/mol. The number of aromatic nitrogens is 2. The fourth-order valence-electron chi connectivity index (χ4n) is 2.82. The van der Waals surface area contributed by atoms with Crippen molar-refractivity contribution in [1.29, 1.82) is 0 Å². The molecule has 1 aliphatic heterocycles. The van der Waals surface area contributed by atoms with Crippen LogP contribution in [0, 0.1) is 12.8 Å². The van der Waals surface area contributed by atoms with Gasteiger partial charge in [-0.15, -0.1) is 11.3 Å². The molecule has 0 aliphatic carbocycles. The predicted octanol–water partition coefficient (Wildman–Crippen LogP) is 2.74. The molecule has 2 aromatic rings. The van der Waals surface area contributed by atoms with Crippen LogP contribution in [-0.4, -0.2) is 39.8 Å². The molecule has 2 aromatic heterocycles. The molecule has 0 radical (unpaired) electrons. The van der Waals surface area contributed by atoms with Gasteiger partial charge < -0.3 is 9.42 Å². The minimum Gasteiger partial charge on any atom is -0.340 e. The summed E-state index contributed by atoms with van der Waals surface area (Å²) in [6.45, 7) is 4.76. The van der Waals surface area contributed by atoms with E-state index in [-0.39, 0.29) is 11.7 Å². The average Bonchev–Trinajstić information content (AvgIpc) is 3.17. The van der Waals surface area contributed by atoms with Crippen molar-refractivity contribution >= 4 is 23.0 Å². The predicted molar refractivity (Wildman–Crippen MR) is 85.7 cm³/mol. The maximum atomic E-state index is 12.5. The topological polar surface area (TPSA) is 76.3 Å². The Hall–Kier alpha value is -2.02. The molecule has 1 aliphatic rings. The van der Waals surface area contributed by atoms with Gasteiger partial charge in [0, 0.05) is 26.4 Å². The summed E-state index contributed by atoms with van der Waals surface area (Å²) in [5, 5.41) is 3.93. The summed E-state index contributed by atoms with van der Waals surface area (Å²) in [7, 11) is 0. The van der Waals surface area contributed by atoms with E-state index in [4.69, 9.17) is 4.52 Å². The van der Waals surface area contributed by atoms with Gasteiger partial charge >= 0.3 is 0 Å². The molecular formula is C16H19N3O3S. The van der Waals surface area contributed by atoms with Crippen LogP contribution in [0.2, 0.25) is 0 Å². The minimum atomic E-state index is 0.00293. The fraction of sp³-hybridized carbons (Fsp3) is 0.500. The summed E-state index contributed by atoms with van der Waals surface area (Å²) in [4.78, 5) is 31.2. The number of likely N-dealkylation sites (tertiary alicyclic amines) is 1. The van der Waals surface area contributed by atoms with E-state index in [0.717, 1.165) is 38.2 Å². The fourth-order valence-corrected chi connectivity index (χ4v) is 3.69. The quantitative estimate of drug-likeness (QED) is 0.804. The van der Waals surface area contributed by atoms with Gasteiger partial charge in [-0.05, 0) is 37.8 Å². The van der Waals surface area contributed by atoms with Crippen molar-refractivity contribution in [3.63, 3.8) is 0 Å². The van der Waals surface area contributed by atoms with E-state index in [1.54, 1.807) is 19.1 Å². The first-order valence-corrected chi connectivity index (χ1v) is 8.54. The highest BCUT2D eigenvalue weighted by molar-refractivity contribution is 7.15. The number of thiophene rings is 1. The summed E-state index contributed by atoms with van der Waals surface area (Å²) in [5.41, 5.74) is 0. The smallest absolute Gasteiger partial charge is 0.263 e. The zero-order valence-electron chi connectivity index (χ0n) is 13.2. The van der Waals surface area contributed by atoms with E-state index in [1.807, 2.05) is 4.90 Å². The second-order valence-corrected chi connectivity index (χ2v) is 6.97. The van der Waals surface area contributed by atoms with Crippen molar-refractivity contribution in [3.05, 3.63) is 33.6 Å². The van der Waals surface area contributed by atoms with Crippen LogP contribution in [0.5, 0.6) is 0 Å². The van der Waals surface area contributed by atoms with Gasteiger partial charge in [-0.25, -0.2) is 0 Å². The highest BCUT2D eigenvalue weighted by Crippen LogP contribution is 2.24. The van der Waals surface area contributed by atoms with Crippen LogP contribution in [0.1, 0.15) is 50.8 Å². The van der Waals surface area contributed by atoms with Crippen LogP contribution in [0.4, 0.5) is 0 Å². The highest BCUT2D eigenvalue weighted by Gasteiger charge is 2.25. The Morgan fingerprint density at radius 1 is 1.30 bits per heavy atom. The van der Waals surface area contributed by atoms with Crippen LogP contribution < -0.4 is 0 Å². The molecule has 0 spiro atoms. The van der Waals surface area contributed by atoms with Crippen molar-refractivity contribution in [3.8, 4) is 0 Å². The van der Waals surface area contributed by atoms with Crippen molar-refractivity contribution < 1.29 is 14.1 Å². The van der Waals surface area contributed by atoms with Gasteiger partial charge in [0.2, 0.25) is 5.89 Å². The first-order valence-electron chi connectivity index (χ1n) is 7.72. The van der Waals surface area contributed by atoms with E-state index in [1.165, 1.54) is 18.3 Å². The number of amides is 1. The van der Waals surface area contributed by atoms with E-state index < -0.39 is 0 Å². The first-order chi connectivity index (χ1) is 11.0. The number of hydrogen-bond acceptors (Lipinski definition) is 6. The van der Waals surface area contributed by atoms with Crippen LogP contribution in [0.25, 0.3) is 0 Å². The molecule has 1 amide bonds. The lowest BCUT2D eigenvalue weighted by Crippen LogP contribution is -2.38. The van der Waals surface area contributed by atoms with Gasteiger partial charge in [0.05, 0.1) is 9.75 Å². The Balaban J connectivity index is 1.55. The summed E-state index contributed by atoms with van der Waals surface area (Å²) in [6.07, 6.45) is 2.67. The van der Waals surface area contributed by atoms with Gasteiger partial charge in [0.25, 0.3) is 5.91 Å². The number of piperidine rings is 1. The summed E-state index contributed by atoms with van der Waals surface area (Å²) in [6, 6.07) is 3.48. The van der Waals surface area contributed by atoms with Gasteiger partial charge in [-0.2, -0.15) is 4.98 Å². The molecule has 0 unspecified atom stereocenters. The SMILES string of the molecule is CC(=O)c1ccc(C(=O)N2CCC(Cc3noc(C)n3)CC2)s1. The number of carbonyl (C=O) groups is 2. The molecule has 1 fully saturated rings. The third kappa shape index (κ3) is 3.67. The largest absolute Gasteiger partial charge is 0.340 e. The molecule has 3 rings (SSSR count). The Kier molecular flexibility index (Phi) is 4.56. The van der Waals surface area contributed by atoms with Gasteiger partial charge in [-0.3, -0.25) is 9.59 Å². The van der Waals surface area contributed by atoms with Gasteiger partial charge in [0.1, 0.15) is 0 Å². The van der Waals surface area contributed by atoms with Crippen LogP contribution in [-0.2, 0) is 6.42 Å². The second kappa shape index (κ2) is 6.62. The zero-order chi connectivity index (χ0) is 16.4. The Bertz CT molecular complexity index is 714. The second-order valence-electron chi connectivity index (χ2n) is 5.89. The third-order valence-electron chi connectivity index (χ3n) is 4.11. The minimum absolute atomic E-state index is 0.00293. The van der Waals surface area contributed by atoms with Crippen LogP contribution >= 0.6 is 11.3 Å². The normalized spacial score (nSPS) is 15.8. The average molecular weight is 333 g/mol. The van der Waals surface area contributed by atoms with Crippen molar-refractivity contribution in [2.45, 2.75) is 33.1 Å². The molecule has 0 aromatic carbocycles. The van der Waals surface area contributed by atoms with Gasteiger partial charge in [0.15, 0.2) is 11.6 Å². The number of hydrogen-bond donors (Lipinski definition) is 0. The lowest BCUT2D eigenvalue weighted by molar-refractivity contribution is 0.0694. The van der Waals surface area contributed by atoms with E-state index in [9.17, 15) is 9.59 Å². The lowest BCUT2D eigenvalue weighted by atomic mass is 9.93. The molecule has 1 saturated heterocycles. The molecule has 6 nitrogen and oxygen atoms in total. The molecule has 0 N–H and O–H groups in total. The molecule has 0 bridgehead atoms. The number of ketones is 1. The summed E-state index contributed by atoms with van der Waals surface area (Å²) >= 11 is 1.28. The van der Waals surface area contributed by atoms with E-state index >= 15 is 0 Å². The number of Topliss-reactive ketones (excluding diaryl/α,β-unsaturated/α-hetero) is 1.